The van der Waals surface area contributed by atoms with Crippen molar-refractivity contribution in [2.75, 3.05) is 13.7 Å². The van der Waals surface area contributed by atoms with E-state index in [0.29, 0.717) is 0 Å². The third kappa shape index (κ3) is 3.59. The van der Waals surface area contributed by atoms with E-state index in [-0.39, 0.29) is 12.6 Å². The molecule has 2 aliphatic heterocycles. The number of fused-ring (bicyclic) bond motifs is 1. The highest BCUT2D eigenvalue weighted by molar-refractivity contribution is 5.75. The van der Waals surface area contributed by atoms with E-state index in [1.165, 1.54) is 7.11 Å². The average molecular weight is 320 g/mol. The van der Waals surface area contributed by atoms with Gasteiger partial charge >= 0.3 is 5.97 Å². The highest BCUT2D eigenvalue weighted by Crippen LogP contribution is 2.40. The lowest BCUT2D eigenvalue weighted by molar-refractivity contribution is -0.217. The monoisotopic (exact) mass is 320 g/mol. The van der Waals surface area contributed by atoms with E-state index in [1.807, 2.05) is 0 Å². The fourth-order valence-corrected chi connectivity index (χ4v) is 2.57. The summed E-state index contributed by atoms with van der Waals surface area (Å²) in [6.07, 6.45) is -4.22. The molecule has 0 saturated carbocycles. The van der Waals surface area contributed by atoms with Gasteiger partial charge in [0, 0.05) is 7.11 Å². The Morgan fingerprint density at radius 3 is 2.41 bits per heavy atom. The van der Waals surface area contributed by atoms with E-state index in [1.54, 1.807) is 34.6 Å². The molecule has 2 rings (SSSR count). The normalized spacial score (nSPS) is 35.2. The minimum Gasteiger partial charge on any atom is -0.462 e. The number of hydrogen-bond acceptors (Lipinski definition) is 6. The number of methoxy groups -OCH3 is 1. The molecule has 0 aliphatic carbocycles. The maximum Gasteiger partial charge on any atom is 0.311 e. The molecule has 2 fully saturated rings. The summed E-state index contributed by atoms with van der Waals surface area (Å²) < 4.78 is 41.0. The van der Waals surface area contributed by atoms with E-state index in [0.717, 1.165) is 0 Å². The van der Waals surface area contributed by atoms with Crippen LogP contribution in [0.5, 0.6) is 0 Å². The van der Waals surface area contributed by atoms with Gasteiger partial charge in [-0.05, 0) is 34.6 Å². The zero-order valence-electron chi connectivity index (χ0n) is 13.9. The summed E-state index contributed by atoms with van der Waals surface area (Å²) >= 11 is 0. The van der Waals surface area contributed by atoms with Gasteiger partial charge in [0.25, 0.3) is 0 Å². The number of ether oxygens (including phenoxy) is 5. The summed E-state index contributed by atoms with van der Waals surface area (Å²) in [6.45, 7) is 8.77. The average Bonchev–Trinajstić information content (AvgIpc) is 2.87. The van der Waals surface area contributed by atoms with Gasteiger partial charge in [0.15, 0.2) is 5.79 Å². The zero-order valence-corrected chi connectivity index (χ0v) is 13.9. The minimum absolute atomic E-state index is 0.0103. The molecule has 0 amide bonds. The van der Waals surface area contributed by atoms with Crippen LogP contribution in [-0.4, -0.2) is 56.2 Å². The van der Waals surface area contributed by atoms with E-state index < -0.39 is 42.0 Å². The molecule has 5 atom stereocenters. The van der Waals surface area contributed by atoms with Crippen LogP contribution < -0.4 is 0 Å². The van der Waals surface area contributed by atoms with Crippen molar-refractivity contribution in [1.82, 2.24) is 0 Å². The molecule has 0 bridgehead atoms. The minimum atomic E-state index is -1.63. The summed E-state index contributed by atoms with van der Waals surface area (Å²) in [4.78, 5) is 11.9. The predicted octanol–water partition coefficient (Wildman–Crippen LogP) is 1.81. The van der Waals surface area contributed by atoms with E-state index >= 15 is 0 Å². The topological polar surface area (TPSA) is 63.2 Å². The van der Waals surface area contributed by atoms with Crippen LogP contribution in [0.3, 0.4) is 0 Å². The molecule has 128 valence electrons. The molecule has 0 radical (unpaired) electrons. The van der Waals surface area contributed by atoms with Gasteiger partial charge in [0.2, 0.25) is 6.36 Å². The van der Waals surface area contributed by atoms with Gasteiger partial charge in [-0.1, -0.05) is 0 Å². The predicted molar refractivity (Wildman–Crippen MR) is 74.8 cm³/mol. The van der Waals surface area contributed by atoms with Crippen molar-refractivity contribution in [1.29, 1.82) is 0 Å². The maximum atomic E-state index is 13.9. The van der Waals surface area contributed by atoms with E-state index in [9.17, 15) is 9.18 Å². The summed E-state index contributed by atoms with van der Waals surface area (Å²) in [7, 11) is 1.26. The van der Waals surface area contributed by atoms with Crippen LogP contribution >= 0.6 is 0 Å². The first kappa shape index (κ1) is 17.6. The van der Waals surface area contributed by atoms with Gasteiger partial charge in [0.1, 0.15) is 31.0 Å². The largest absolute Gasteiger partial charge is 0.462 e. The maximum absolute atomic E-state index is 13.9. The third-order valence-electron chi connectivity index (χ3n) is 3.66. The van der Waals surface area contributed by atoms with Crippen molar-refractivity contribution in [2.45, 2.75) is 71.2 Å². The van der Waals surface area contributed by atoms with Crippen molar-refractivity contribution in [2.24, 2.45) is 5.41 Å². The number of hydrogen-bond donors (Lipinski definition) is 0. The van der Waals surface area contributed by atoms with E-state index in [4.69, 9.17) is 23.7 Å². The van der Waals surface area contributed by atoms with Gasteiger partial charge in [-0.2, -0.15) is 0 Å². The van der Waals surface area contributed by atoms with Crippen molar-refractivity contribution < 1.29 is 32.9 Å². The standard InChI is InChI=1S/C15H25FO6/c1-14(2,3)13(17)19-7-8-9-10(22-15(4,5)21-9)11(20-8)12(16)18-6/h8-12H,7H2,1-6H3/t8-,9-,10-,11-,12?/m1/s1. The number of alkyl halides is 1. The highest BCUT2D eigenvalue weighted by atomic mass is 19.1. The van der Waals surface area contributed by atoms with Gasteiger partial charge in [-0.15, -0.1) is 0 Å². The first-order chi connectivity index (χ1) is 10.0. The molecular weight excluding hydrogens is 295 g/mol. The molecule has 2 saturated heterocycles. The first-order valence-electron chi connectivity index (χ1n) is 7.40. The Hall–Kier alpha value is -0.760. The lowest BCUT2D eigenvalue weighted by Crippen LogP contribution is -2.37. The molecule has 0 aromatic carbocycles. The van der Waals surface area contributed by atoms with E-state index in [2.05, 4.69) is 0 Å². The fourth-order valence-electron chi connectivity index (χ4n) is 2.57. The van der Waals surface area contributed by atoms with Crippen LogP contribution in [0, 0.1) is 5.41 Å². The first-order valence-corrected chi connectivity index (χ1v) is 7.40. The molecule has 22 heavy (non-hydrogen) atoms. The van der Waals surface area contributed by atoms with Crippen LogP contribution in [0.4, 0.5) is 4.39 Å². The van der Waals surface area contributed by atoms with Crippen LogP contribution in [0.1, 0.15) is 34.6 Å². The Morgan fingerprint density at radius 1 is 1.27 bits per heavy atom. The molecular formula is C15H25FO6. The third-order valence-corrected chi connectivity index (χ3v) is 3.66. The molecule has 6 nitrogen and oxygen atoms in total. The Kier molecular flexibility index (Phi) is 4.82. The Balaban J connectivity index is 2.04. The second-order valence-electron chi connectivity index (χ2n) is 7.14. The summed E-state index contributed by atoms with van der Waals surface area (Å²) in [6, 6.07) is 0. The summed E-state index contributed by atoms with van der Waals surface area (Å²) in [5, 5.41) is 0. The number of carbonyl (C=O) groups is 1. The van der Waals surface area contributed by atoms with Crippen LogP contribution in [-0.2, 0) is 28.5 Å². The van der Waals surface area contributed by atoms with Gasteiger partial charge in [-0.3, -0.25) is 4.79 Å². The lowest BCUT2D eigenvalue weighted by atomic mass is 9.97. The summed E-state index contributed by atoms with van der Waals surface area (Å²) in [5.41, 5.74) is -0.612. The molecule has 0 N–H and O–H groups in total. The van der Waals surface area contributed by atoms with Crippen LogP contribution in [0.15, 0.2) is 0 Å². The Labute approximate surface area is 130 Å². The van der Waals surface area contributed by atoms with Crippen molar-refractivity contribution in [3.8, 4) is 0 Å². The van der Waals surface area contributed by atoms with Crippen LogP contribution in [0.2, 0.25) is 0 Å². The molecule has 2 heterocycles. The molecule has 2 aliphatic rings. The molecule has 0 aromatic rings. The Morgan fingerprint density at radius 2 is 1.86 bits per heavy atom. The lowest BCUT2D eigenvalue weighted by Gasteiger charge is -2.25. The summed E-state index contributed by atoms with van der Waals surface area (Å²) in [5.74, 6) is -1.19. The second kappa shape index (κ2) is 6.03. The SMILES string of the molecule is COC(F)[C@@H]1O[C@H](COC(=O)C(C)(C)C)[C@H]2OC(C)(C)O[C@H]21. The molecule has 7 heteroatoms. The van der Waals surface area contributed by atoms with Gasteiger partial charge in [0.05, 0.1) is 5.41 Å². The number of halogens is 1. The quantitative estimate of drug-likeness (QED) is 0.736. The van der Waals surface area contributed by atoms with Gasteiger partial charge in [-0.25, -0.2) is 4.39 Å². The zero-order chi connectivity index (χ0) is 16.7. The number of carbonyl (C=O) groups excluding carboxylic acids is 1. The molecule has 0 spiro atoms. The smallest absolute Gasteiger partial charge is 0.311 e. The number of rotatable bonds is 4. The number of esters is 1. The Bertz CT molecular complexity index is 419. The fraction of sp³-hybridized carbons (Fsp3) is 0.933. The highest BCUT2D eigenvalue weighted by Gasteiger charge is 2.57. The van der Waals surface area contributed by atoms with Crippen LogP contribution in [0.25, 0.3) is 0 Å². The van der Waals surface area contributed by atoms with Crippen molar-refractivity contribution in [3.05, 3.63) is 0 Å². The van der Waals surface area contributed by atoms with Crippen molar-refractivity contribution in [3.63, 3.8) is 0 Å². The molecule has 0 aromatic heterocycles. The second-order valence-corrected chi connectivity index (χ2v) is 7.14. The van der Waals surface area contributed by atoms with Crippen molar-refractivity contribution >= 4 is 5.97 Å². The van der Waals surface area contributed by atoms with Gasteiger partial charge < -0.3 is 23.7 Å². The molecule has 1 unspecified atom stereocenters.